The highest BCUT2D eigenvalue weighted by atomic mass is 16.6. The third-order valence-electron chi connectivity index (χ3n) is 6.70. The number of rotatable bonds is 8. The molecule has 0 radical (unpaired) electrons. The molecule has 0 unspecified atom stereocenters. The number of para-hydroxylation sites is 1. The lowest BCUT2D eigenvalue weighted by Crippen LogP contribution is -2.38. The Labute approximate surface area is 234 Å². The maximum atomic E-state index is 13.1. The Morgan fingerprint density at radius 2 is 1.68 bits per heavy atom. The second kappa shape index (κ2) is 12.7. The normalized spacial score (nSPS) is 13.9. The zero-order valence-electron chi connectivity index (χ0n) is 23.2. The number of nitrogens with zero attached hydrogens (tertiary/aromatic N) is 1. The molecule has 0 aromatic heterocycles. The average molecular weight is 545 g/mol. The summed E-state index contributed by atoms with van der Waals surface area (Å²) in [5.41, 5.74) is 2.07. The van der Waals surface area contributed by atoms with Crippen molar-refractivity contribution in [1.29, 1.82) is 0 Å². The van der Waals surface area contributed by atoms with Crippen LogP contribution in [0.25, 0.3) is 0 Å². The number of hydrogen-bond donors (Lipinski definition) is 2. The van der Waals surface area contributed by atoms with Gasteiger partial charge in [0.2, 0.25) is 5.78 Å². The van der Waals surface area contributed by atoms with Gasteiger partial charge in [0, 0.05) is 25.2 Å². The standard InChI is InChI=1S/C32H36N2O6/c1-32(2,3)40-31(38)33-20-22-8-7-9-24(18-22)23-14-16-34(17-15-23)30(37)25-12-13-27(28(35)19-25)29(36)21-39-26-10-5-4-6-11-26/h4-13,18-19,23,35H,14-17,20-21H2,1-3H3,(H,33,38). The molecule has 8 heteroatoms. The minimum atomic E-state index is -0.549. The van der Waals surface area contributed by atoms with Crippen LogP contribution in [0.4, 0.5) is 4.79 Å². The summed E-state index contributed by atoms with van der Waals surface area (Å²) in [4.78, 5) is 39.4. The van der Waals surface area contributed by atoms with E-state index < -0.39 is 11.7 Å². The topological polar surface area (TPSA) is 105 Å². The van der Waals surface area contributed by atoms with Gasteiger partial charge >= 0.3 is 6.09 Å². The van der Waals surface area contributed by atoms with E-state index in [2.05, 4.69) is 17.4 Å². The summed E-state index contributed by atoms with van der Waals surface area (Å²) in [5, 5.41) is 13.3. The Balaban J connectivity index is 1.30. The fraction of sp³-hybridized carbons (Fsp3) is 0.344. The van der Waals surface area contributed by atoms with Gasteiger partial charge in [0.25, 0.3) is 5.91 Å². The number of alkyl carbamates (subject to hydrolysis) is 1. The molecule has 0 atom stereocenters. The number of amides is 2. The van der Waals surface area contributed by atoms with E-state index >= 15 is 0 Å². The first-order valence-electron chi connectivity index (χ1n) is 13.5. The van der Waals surface area contributed by atoms with Gasteiger partial charge in [0.15, 0.2) is 6.61 Å². The number of ketones is 1. The third kappa shape index (κ3) is 7.85. The molecule has 4 rings (SSSR count). The molecule has 3 aromatic carbocycles. The van der Waals surface area contributed by atoms with Crippen molar-refractivity contribution in [3.8, 4) is 11.5 Å². The quantitative estimate of drug-likeness (QED) is 0.353. The minimum absolute atomic E-state index is 0.118. The van der Waals surface area contributed by atoms with Crippen molar-refractivity contribution in [3.05, 3.63) is 95.1 Å². The minimum Gasteiger partial charge on any atom is -0.507 e. The molecular weight excluding hydrogens is 508 g/mol. The Kier molecular flexibility index (Phi) is 9.09. The lowest BCUT2D eigenvalue weighted by atomic mass is 9.88. The van der Waals surface area contributed by atoms with Crippen LogP contribution in [0, 0.1) is 0 Å². The van der Waals surface area contributed by atoms with Crippen LogP contribution in [0.5, 0.6) is 11.5 Å². The van der Waals surface area contributed by atoms with Gasteiger partial charge in [-0.25, -0.2) is 4.79 Å². The Morgan fingerprint density at radius 3 is 2.35 bits per heavy atom. The summed E-state index contributed by atoms with van der Waals surface area (Å²) in [7, 11) is 0. The summed E-state index contributed by atoms with van der Waals surface area (Å²) < 4.78 is 10.8. The van der Waals surface area contributed by atoms with Crippen molar-refractivity contribution in [3.63, 3.8) is 0 Å². The Hall–Kier alpha value is -4.33. The number of phenolic OH excluding ortho intramolecular Hbond substituents is 1. The predicted octanol–water partition coefficient (Wildman–Crippen LogP) is 5.70. The molecule has 0 spiro atoms. The zero-order chi connectivity index (χ0) is 28.7. The number of ether oxygens (including phenoxy) is 2. The maximum Gasteiger partial charge on any atom is 0.407 e. The van der Waals surface area contributed by atoms with Crippen LogP contribution in [-0.4, -0.2) is 53.1 Å². The monoisotopic (exact) mass is 544 g/mol. The smallest absolute Gasteiger partial charge is 0.407 e. The molecular formula is C32H36N2O6. The van der Waals surface area contributed by atoms with Gasteiger partial charge in [-0.15, -0.1) is 0 Å². The predicted molar refractivity (Wildman–Crippen MR) is 152 cm³/mol. The van der Waals surface area contributed by atoms with E-state index in [0.717, 1.165) is 18.4 Å². The number of piperidine rings is 1. The van der Waals surface area contributed by atoms with Crippen molar-refractivity contribution in [1.82, 2.24) is 10.2 Å². The Morgan fingerprint density at radius 1 is 0.950 bits per heavy atom. The molecule has 40 heavy (non-hydrogen) atoms. The van der Waals surface area contributed by atoms with E-state index in [4.69, 9.17) is 9.47 Å². The van der Waals surface area contributed by atoms with Crippen molar-refractivity contribution in [2.45, 2.75) is 51.7 Å². The van der Waals surface area contributed by atoms with Gasteiger partial charge < -0.3 is 24.8 Å². The van der Waals surface area contributed by atoms with E-state index in [1.165, 1.54) is 17.7 Å². The molecule has 1 fully saturated rings. The Bertz CT molecular complexity index is 1340. The number of benzene rings is 3. The third-order valence-corrected chi connectivity index (χ3v) is 6.70. The molecule has 1 aliphatic rings. The van der Waals surface area contributed by atoms with Gasteiger partial charge in [-0.05, 0) is 81.0 Å². The summed E-state index contributed by atoms with van der Waals surface area (Å²) >= 11 is 0. The van der Waals surface area contributed by atoms with Crippen molar-refractivity contribution in [2.24, 2.45) is 0 Å². The number of likely N-dealkylation sites (tertiary alicyclic amines) is 1. The average Bonchev–Trinajstić information content (AvgIpc) is 2.94. The van der Waals surface area contributed by atoms with E-state index in [0.29, 0.717) is 36.9 Å². The summed E-state index contributed by atoms with van der Waals surface area (Å²) in [6, 6.07) is 21.5. The second-order valence-corrected chi connectivity index (χ2v) is 10.9. The number of hydrogen-bond acceptors (Lipinski definition) is 6. The van der Waals surface area contributed by atoms with E-state index in [9.17, 15) is 19.5 Å². The molecule has 0 saturated carbocycles. The molecule has 3 aromatic rings. The molecule has 1 aliphatic heterocycles. The number of Topliss-reactive ketones (excluding diaryl/α,β-unsaturated/α-hetero) is 1. The van der Waals surface area contributed by atoms with Crippen molar-refractivity contribution in [2.75, 3.05) is 19.7 Å². The van der Waals surface area contributed by atoms with Gasteiger partial charge in [-0.1, -0.05) is 42.5 Å². The molecule has 0 bridgehead atoms. The van der Waals surface area contributed by atoms with Crippen LogP contribution < -0.4 is 10.1 Å². The highest BCUT2D eigenvalue weighted by Crippen LogP contribution is 2.30. The van der Waals surface area contributed by atoms with Gasteiger partial charge in [0.1, 0.15) is 17.1 Å². The fourth-order valence-electron chi connectivity index (χ4n) is 4.69. The molecule has 1 heterocycles. The van der Waals surface area contributed by atoms with Gasteiger partial charge in [0.05, 0.1) is 5.56 Å². The summed E-state index contributed by atoms with van der Waals surface area (Å²) in [6.07, 6.45) is 1.15. The number of nitrogens with one attached hydrogen (secondary N) is 1. The summed E-state index contributed by atoms with van der Waals surface area (Å²) in [5.74, 6) is 0.0748. The highest BCUT2D eigenvalue weighted by Gasteiger charge is 2.26. The van der Waals surface area contributed by atoms with Crippen LogP contribution in [-0.2, 0) is 11.3 Å². The van der Waals surface area contributed by atoms with E-state index in [1.54, 1.807) is 23.1 Å². The zero-order valence-corrected chi connectivity index (χ0v) is 23.2. The molecule has 2 N–H and O–H groups in total. The number of carbonyl (C=O) groups excluding carboxylic acids is 3. The first-order chi connectivity index (χ1) is 19.1. The SMILES string of the molecule is CC(C)(C)OC(=O)NCc1cccc(C2CCN(C(=O)c3ccc(C(=O)COc4ccccc4)c(O)c3)CC2)c1. The van der Waals surface area contributed by atoms with Crippen LogP contribution in [0.3, 0.4) is 0 Å². The van der Waals surface area contributed by atoms with Gasteiger partial charge in [-0.2, -0.15) is 0 Å². The van der Waals surface area contributed by atoms with Crippen LogP contribution in [0.2, 0.25) is 0 Å². The molecule has 0 aliphatic carbocycles. The number of aromatic hydroxyl groups is 1. The first kappa shape index (κ1) is 28.7. The fourth-order valence-corrected chi connectivity index (χ4v) is 4.69. The van der Waals surface area contributed by atoms with Gasteiger partial charge in [-0.3, -0.25) is 9.59 Å². The van der Waals surface area contributed by atoms with Crippen LogP contribution in [0.1, 0.15) is 71.4 Å². The summed E-state index contributed by atoms with van der Waals surface area (Å²) in [6.45, 7) is 6.80. The maximum absolute atomic E-state index is 13.1. The molecule has 1 saturated heterocycles. The number of phenols is 1. The van der Waals surface area contributed by atoms with Crippen LogP contribution >= 0.6 is 0 Å². The molecule has 210 valence electrons. The largest absolute Gasteiger partial charge is 0.507 e. The second-order valence-electron chi connectivity index (χ2n) is 10.9. The molecule has 8 nitrogen and oxygen atoms in total. The van der Waals surface area contributed by atoms with E-state index in [-0.39, 0.29) is 29.6 Å². The lowest BCUT2D eigenvalue weighted by molar-refractivity contribution is 0.0523. The molecule has 2 amide bonds. The first-order valence-corrected chi connectivity index (χ1v) is 13.5. The van der Waals surface area contributed by atoms with Crippen molar-refractivity contribution < 1.29 is 29.0 Å². The lowest BCUT2D eigenvalue weighted by Gasteiger charge is -2.32. The van der Waals surface area contributed by atoms with Crippen molar-refractivity contribution >= 4 is 17.8 Å². The van der Waals surface area contributed by atoms with Crippen LogP contribution in [0.15, 0.2) is 72.8 Å². The van der Waals surface area contributed by atoms with E-state index in [1.807, 2.05) is 51.1 Å². The highest BCUT2D eigenvalue weighted by molar-refractivity contribution is 6.02. The number of carbonyl (C=O) groups is 3.